The van der Waals surface area contributed by atoms with Crippen molar-refractivity contribution in [3.63, 3.8) is 0 Å². The highest BCUT2D eigenvalue weighted by Crippen LogP contribution is 2.39. The van der Waals surface area contributed by atoms with Gasteiger partial charge < -0.3 is 14.5 Å². The number of carbonyl (C=O) groups excluding carboxylic acids is 1. The summed E-state index contributed by atoms with van der Waals surface area (Å²) in [7, 11) is 0. The second kappa shape index (κ2) is 8.21. The van der Waals surface area contributed by atoms with Gasteiger partial charge in [-0.25, -0.2) is 4.79 Å². The zero-order chi connectivity index (χ0) is 20.4. The van der Waals surface area contributed by atoms with E-state index in [9.17, 15) is 4.79 Å². The highest BCUT2D eigenvalue weighted by atomic mass is 35.5. The van der Waals surface area contributed by atoms with Crippen LogP contribution in [0.3, 0.4) is 0 Å². The maximum absolute atomic E-state index is 12.7. The number of hydrogen-bond acceptors (Lipinski definition) is 3. The van der Waals surface area contributed by atoms with E-state index in [0.717, 1.165) is 34.3 Å². The van der Waals surface area contributed by atoms with Crippen LogP contribution in [0.5, 0.6) is 5.75 Å². The van der Waals surface area contributed by atoms with Gasteiger partial charge in [0.2, 0.25) is 0 Å². The van der Waals surface area contributed by atoms with Crippen LogP contribution in [0.2, 0.25) is 5.02 Å². The molecule has 2 aromatic carbocycles. The van der Waals surface area contributed by atoms with E-state index in [4.69, 9.17) is 21.1 Å². The summed E-state index contributed by atoms with van der Waals surface area (Å²) in [5.74, 6) is 0.760. The summed E-state index contributed by atoms with van der Waals surface area (Å²) in [5, 5.41) is 1.80. The van der Waals surface area contributed by atoms with Crippen molar-refractivity contribution in [2.24, 2.45) is 0 Å². The quantitative estimate of drug-likeness (QED) is 0.566. The third kappa shape index (κ3) is 3.70. The highest BCUT2D eigenvalue weighted by molar-refractivity contribution is 6.31. The fraction of sp³-hybridized carbons (Fsp3) is 0.261. The summed E-state index contributed by atoms with van der Waals surface area (Å²) >= 11 is 6.23. The van der Waals surface area contributed by atoms with E-state index in [1.165, 1.54) is 5.56 Å². The van der Waals surface area contributed by atoms with Gasteiger partial charge in [-0.1, -0.05) is 36.4 Å². The molecule has 0 bridgehead atoms. The van der Waals surface area contributed by atoms with E-state index in [0.29, 0.717) is 24.8 Å². The number of aromatic amines is 1. The number of rotatable bonds is 5. The highest BCUT2D eigenvalue weighted by Gasteiger charge is 2.35. The molecule has 150 valence electrons. The summed E-state index contributed by atoms with van der Waals surface area (Å²) in [4.78, 5) is 18.0. The largest absolute Gasteiger partial charge is 0.490 e. The van der Waals surface area contributed by atoms with Gasteiger partial charge in [-0.15, -0.1) is 0 Å². The van der Waals surface area contributed by atoms with Crippen LogP contribution in [0.4, 0.5) is 4.79 Å². The molecule has 0 unspecified atom stereocenters. The number of benzene rings is 2. The number of fused-ring (bicyclic) bond motifs is 3. The first-order chi connectivity index (χ1) is 14.1. The zero-order valence-electron chi connectivity index (χ0n) is 16.3. The van der Waals surface area contributed by atoms with E-state index >= 15 is 0 Å². The van der Waals surface area contributed by atoms with Crippen molar-refractivity contribution in [2.45, 2.75) is 19.4 Å². The molecule has 1 N–H and O–H groups in total. The number of halogens is 1. The monoisotopic (exact) mass is 410 g/mol. The van der Waals surface area contributed by atoms with Crippen molar-refractivity contribution in [2.75, 3.05) is 19.8 Å². The lowest BCUT2D eigenvalue weighted by Gasteiger charge is -2.35. The topological polar surface area (TPSA) is 54.6 Å². The average molecular weight is 411 g/mol. The Morgan fingerprint density at radius 3 is 2.83 bits per heavy atom. The average Bonchev–Trinajstić information content (AvgIpc) is 3.10. The molecule has 0 aliphatic carbocycles. The van der Waals surface area contributed by atoms with Crippen LogP contribution in [-0.4, -0.2) is 35.7 Å². The molecule has 1 aromatic heterocycles. The molecule has 6 heteroatoms. The fourth-order valence-corrected chi connectivity index (χ4v) is 4.08. The Morgan fingerprint density at radius 1 is 1.31 bits per heavy atom. The van der Waals surface area contributed by atoms with Crippen LogP contribution < -0.4 is 4.74 Å². The van der Waals surface area contributed by atoms with Gasteiger partial charge in [0.25, 0.3) is 0 Å². The van der Waals surface area contributed by atoms with Crippen LogP contribution >= 0.6 is 11.6 Å². The Balaban J connectivity index is 1.79. The first kappa shape index (κ1) is 19.4. The zero-order valence-corrected chi connectivity index (χ0v) is 17.0. The molecule has 0 saturated carbocycles. The predicted octanol–water partition coefficient (Wildman–Crippen LogP) is 5.49. The molecule has 2 heterocycles. The molecule has 1 aliphatic rings. The summed E-state index contributed by atoms with van der Waals surface area (Å²) in [6.07, 6.45) is 2.14. The summed E-state index contributed by atoms with van der Waals surface area (Å²) in [5.41, 5.74) is 4.20. The Kier molecular flexibility index (Phi) is 5.49. The number of H-pyrrole nitrogens is 1. The standard InChI is InChI=1S/C23H23ClN2O3/c1-3-13-29-17-8-5-15(6-9-17)22-21-18(11-12-26(22)23(27)28-4-2)19-14-16(24)7-10-20(19)25-21/h3,5-10,14,22,25H,1,4,11-13H2,2H3/t22-/m0/s1. The SMILES string of the molecule is C=CCOc1ccc([C@H]2c3[nH]c4ccc(Cl)cc4c3CCN2C(=O)OCC)cc1. The molecule has 1 amide bonds. The van der Waals surface area contributed by atoms with Gasteiger partial charge in [-0.2, -0.15) is 0 Å². The predicted molar refractivity (Wildman–Crippen MR) is 115 cm³/mol. The second-order valence-electron chi connectivity index (χ2n) is 6.92. The number of aromatic nitrogens is 1. The number of amides is 1. The van der Waals surface area contributed by atoms with Crippen molar-refractivity contribution in [3.05, 3.63) is 77.0 Å². The number of nitrogens with zero attached hydrogens (tertiary/aromatic N) is 1. The first-order valence-electron chi connectivity index (χ1n) is 9.69. The van der Waals surface area contributed by atoms with Crippen molar-refractivity contribution >= 4 is 28.6 Å². The smallest absolute Gasteiger partial charge is 0.410 e. The molecular formula is C23H23ClN2O3. The number of ether oxygens (including phenoxy) is 2. The number of hydrogen-bond donors (Lipinski definition) is 1. The van der Waals surface area contributed by atoms with Crippen LogP contribution in [0.15, 0.2) is 55.1 Å². The molecule has 1 aliphatic heterocycles. The fourth-order valence-electron chi connectivity index (χ4n) is 3.91. The number of carbonyl (C=O) groups is 1. The van der Waals surface area contributed by atoms with E-state index in [1.807, 2.05) is 49.4 Å². The molecule has 0 fully saturated rings. The summed E-state index contributed by atoms with van der Waals surface area (Å²) in [6, 6.07) is 13.4. The van der Waals surface area contributed by atoms with Crippen molar-refractivity contribution in [1.29, 1.82) is 0 Å². The van der Waals surface area contributed by atoms with Crippen molar-refractivity contribution in [1.82, 2.24) is 9.88 Å². The molecule has 1 atom stereocenters. The maximum atomic E-state index is 12.7. The molecule has 5 nitrogen and oxygen atoms in total. The van der Waals surface area contributed by atoms with Gasteiger partial charge in [0.15, 0.2) is 0 Å². The second-order valence-corrected chi connectivity index (χ2v) is 7.36. The van der Waals surface area contributed by atoms with E-state index in [1.54, 1.807) is 11.0 Å². The molecular weight excluding hydrogens is 388 g/mol. The minimum atomic E-state index is -0.313. The van der Waals surface area contributed by atoms with Gasteiger partial charge in [0, 0.05) is 28.2 Å². The van der Waals surface area contributed by atoms with Gasteiger partial charge >= 0.3 is 6.09 Å². The van der Waals surface area contributed by atoms with Gasteiger partial charge in [0.1, 0.15) is 18.4 Å². The lowest BCUT2D eigenvalue weighted by Crippen LogP contribution is -2.40. The maximum Gasteiger partial charge on any atom is 0.410 e. The molecule has 3 aromatic rings. The summed E-state index contributed by atoms with van der Waals surface area (Å²) < 4.78 is 10.9. The Bertz CT molecular complexity index is 1040. The molecule has 4 rings (SSSR count). The van der Waals surface area contributed by atoms with Gasteiger partial charge in [-0.05, 0) is 54.8 Å². The van der Waals surface area contributed by atoms with Crippen molar-refractivity contribution in [3.8, 4) is 5.75 Å². The minimum absolute atomic E-state index is 0.266. The van der Waals surface area contributed by atoms with Crippen molar-refractivity contribution < 1.29 is 14.3 Å². The van der Waals surface area contributed by atoms with Crippen LogP contribution in [0.1, 0.15) is 29.8 Å². The number of nitrogens with one attached hydrogen (secondary N) is 1. The van der Waals surface area contributed by atoms with Crippen LogP contribution in [0, 0.1) is 0 Å². The Morgan fingerprint density at radius 2 is 2.10 bits per heavy atom. The normalized spacial score (nSPS) is 15.8. The van der Waals surface area contributed by atoms with Crippen LogP contribution in [0.25, 0.3) is 10.9 Å². The lowest BCUT2D eigenvalue weighted by molar-refractivity contribution is 0.0932. The molecule has 0 saturated heterocycles. The lowest BCUT2D eigenvalue weighted by atomic mass is 9.92. The van der Waals surface area contributed by atoms with Gasteiger partial charge in [0.05, 0.1) is 6.61 Å². The molecule has 0 spiro atoms. The van der Waals surface area contributed by atoms with E-state index in [2.05, 4.69) is 11.6 Å². The minimum Gasteiger partial charge on any atom is -0.490 e. The summed E-state index contributed by atoms with van der Waals surface area (Å²) in [6.45, 7) is 6.85. The molecule has 0 radical (unpaired) electrons. The van der Waals surface area contributed by atoms with Crippen LogP contribution in [-0.2, 0) is 11.2 Å². The van der Waals surface area contributed by atoms with E-state index < -0.39 is 0 Å². The van der Waals surface area contributed by atoms with Gasteiger partial charge in [-0.3, -0.25) is 4.90 Å². The van der Waals surface area contributed by atoms with E-state index in [-0.39, 0.29) is 12.1 Å². The third-order valence-corrected chi connectivity index (χ3v) is 5.39. The first-order valence-corrected chi connectivity index (χ1v) is 10.1. The molecule has 29 heavy (non-hydrogen) atoms. The third-order valence-electron chi connectivity index (χ3n) is 5.16. The Labute approximate surface area is 174 Å². The Hall–Kier alpha value is -2.92.